The Bertz CT molecular complexity index is 604. The van der Waals surface area contributed by atoms with Gasteiger partial charge in [-0.1, -0.05) is 19.9 Å². The molecule has 0 aromatic heterocycles. The number of nitrogens with zero attached hydrogens (tertiary/aromatic N) is 2. The van der Waals surface area contributed by atoms with E-state index in [1.54, 1.807) is 23.1 Å². The normalized spacial score (nSPS) is 11.7. The number of hydrogen-bond donors (Lipinski definition) is 0. The van der Waals surface area contributed by atoms with Crippen molar-refractivity contribution < 1.29 is 13.2 Å². The summed E-state index contributed by atoms with van der Waals surface area (Å²) in [4.78, 5) is 14.3. The molecule has 0 unspecified atom stereocenters. The molecule has 1 aromatic rings. The average Bonchev–Trinajstić information content (AvgIpc) is 2.55. The van der Waals surface area contributed by atoms with E-state index in [0.717, 1.165) is 12.8 Å². The molecule has 0 bridgehead atoms. The minimum Gasteiger partial charge on any atom is -0.339 e. The van der Waals surface area contributed by atoms with Crippen molar-refractivity contribution >= 4 is 15.9 Å². The summed E-state index contributed by atoms with van der Waals surface area (Å²) in [5, 5.41) is 0. The van der Waals surface area contributed by atoms with Crippen molar-refractivity contribution in [2.75, 3.05) is 26.2 Å². The van der Waals surface area contributed by atoms with Crippen molar-refractivity contribution in [2.24, 2.45) is 0 Å². The Labute approximate surface area is 140 Å². The number of carbonyl (C=O) groups excluding carboxylic acids is 1. The molecule has 0 heterocycles. The van der Waals surface area contributed by atoms with Crippen LogP contribution in [-0.4, -0.2) is 49.7 Å². The van der Waals surface area contributed by atoms with Gasteiger partial charge in [-0.2, -0.15) is 4.31 Å². The summed E-state index contributed by atoms with van der Waals surface area (Å²) < 4.78 is 27.1. The maximum atomic E-state index is 12.8. The van der Waals surface area contributed by atoms with Crippen LogP contribution in [0.1, 0.15) is 50.9 Å². The van der Waals surface area contributed by atoms with Crippen LogP contribution in [-0.2, 0) is 10.0 Å². The van der Waals surface area contributed by atoms with Crippen molar-refractivity contribution in [3.63, 3.8) is 0 Å². The molecule has 23 heavy (non-hydrogen) atoms. The van der Waals surface area contributed by atoms with Gasteiger partial charge in [-0.15, -0.1) is 0 Å². The predicted octanol–water partition coefficient (Wildman–Crippen LogP) is 2.98. The van der Waals surface area contributed by atoms with Crippen molar-refractivity contribution in [3.05, 3.63) is 29.8 Å². The molecule has 0 aliphatic carbocycles. The molecule has 1 aromatic carbocycles. The topological polar surface area (TPSA) is 57.7 Å². The van der Waals surface area contributed by atoms with Gasteiger partial charge in [0, 0.05) is 31.7 Å². The highest BCUT2D eigenvalue weighted by molar-refractivity contribution is 7.89. The first kappa shape index (κ1) is 19.6. The molecular weight excluding hydrogens is 312 g/mol. The molecule has 130 valence electrons. The van der Waals surface area contributed by atoms with Gasteiger partial charge >= 0.3 is 0 Å². The van der Waals surface area contributed by atoms with Gasteiger partial charge in [0.2, 0.25) is 10.0 Å². The van der Waals surface area contributed by atoms with E-state index in [4.69, 9.17) is 0 Å². The Morgan fingerprint density at radius 2 is 1.57 bits per heavy atom. The standard InChI is InChI=1S/C17H28N2O3S/c1-5-12-19(13-6-2)23(21,22)16-11-9-10-15(14-16)17(20)18(7-3)8-4/h9-11,14H,5-8,12-13H2,1-4H3. The van der Waals surface area contributed by atoms with E-state index < -0.39 is 10.0 Å². The first-order valence-electron chi connectivity index (χ1n) is 8.31. The molecule has 0 atom stereocenters. The minimum absolute atomic E-state index is 0.135. The second-order valence-corrected chi connectivity index (χ2v) is 7.35. The van der Waals surface area contributed by atoms with Gasteiger partial charge in [-0.3, -0.25) is 4.79 Å². The number of rotatable bonds is 9. The van der Waals surface area contributed by atoms with Crippen LogP contribution in [0.3, 0.4) is 0 Å². The third-order valence-corrected chi connectivity index (χ3v) is 5.61. The lowest BCUT2D eigenvalue weighted by molar-refractivity contribution is 0.0772. The smallest absolute Gasteiger partial charge is 0.253 e. The van der Waals surface area contributed by atoms with E-state index in [1.165, 1.54) is 10.4 Å². The Morgan fingerprint density at radius 3 is 2.04 bits per heavy atom. The molecule has 0 saturated carbocycles. The second-order valence-electron chi connectivity index (χ2n) is 5.41. The van der Waals surface area contributed by atoms with Crippen LogP contribution >= 0.6 is 0 Å². The van der Waals surface area contributed by atoms with Gasteiger partial charge in [-0.25, -0.2) is 8.42 Å². The molecule has 1 amide bonds. The van der Waals surface area contributed by atoms with Crippen LogP contribution in [0.2, 0.25) is 0 Å². The van der Waals surface area contributed by atoms with E-state index in [-0.39, 0.29) is 10.8 Å². The van der Waals surface area contributed by atoms with Gasteiger partial charge in [0.15, 0.2) is 0 Å². The molecule has 0 N–H and O–H groups in total. The maximum Gasteiger partial charge on any atom is 0.253 e. The maximum absolute atomic E-state index is 12.8. The van der Waals surface area contributed by atoms with Crippen LogP contribution in [0.15, 0.2) is 29.2 Å². The van der Waals surface area contributed by atoms with Crippen LogP contribution in [0, 0.1) is 0 Å². The minimum atomic E-state index is -3.56. The van der Waals surface area contributed by atoms with Crippen LogP contribution in [0.25, 0.3) is 0 Å². The molecular formula is C17H28N2O3S. The Kier molecular flexibility index (Phi) is 7.72. The highest BCUT2D eigenvalue weighted by Crippen LogP contribution is 2.19. The van der Waals surface area contributed by atoms with Crippen LogP contribution in [0.4, 0.5) is 0 Å². The third kappa shape index (κ3) is 4.78. The second kappa shape index (κ2) is 9.03. The van der Waals surface area contributed by atoms with Crippen LogP contribution < -0.4 is 0 Å². The largest absolute Gasteiger partial charge is 0.339 e. The molecule has 0 fully saturated rings. The summed E-state index contributed by atoms with van der Waals surface area (Å²) in [6.07, 6.45) is 1.52. The number of amides is 1. The SMILES string of the molecule is CCCN(CCC)S(=O)(=O)c1cccc(C(=O)N(CC)CC)c1. The van der Waals surface area contributed by atoms with Crippen LogP contribution in [0.5, 0.6) is 0 Å². The fourth-order valence-corrected chi connectivity index (χ4v) is 4.15. The summed E-state index contributed by atoms with van der Waals surface area (Å²) >= 11 is 0. The van der Waals surface area contributed by atoms with E-state index >= 15 is 0 Å². The first-order valence-corrected chi connectivity index (χ1v) is 9.75. The lowest BCUT2D eigenvalue weighted by Gasteiger charge is -2.22. The summed E-state index contributed by atoms with van der Waals surface area (Å²) in [5.74, 6) is -0.135. The molecule has 6 heteroatoms. The van der Waals surface area contributed by atoms with Gasteiger partial charge in [0.05, 0.1) is 4.90 Å². The fourth-order valence-electron chi connectivity index (χ4n) is 2.48. The highest BCUT2D eigenvalue weighted by Gasteiger charge is 2.24. The van der Waals surface area contributed by atoms with E-state index in [1.807, 2.05) is 27.7 Å². The monoisotopic (exact) mass is 340 g/mol. The lowest BCUT2D eigenvalue weighted by Crippen LogP contribution is -2.33. The van der Waals surface area contributed by atoms with Crippen molar-refractivity contribution in [1.29, 1.82) is 0 Å². The number of sulfonamides is 1. The number of hydrogen-bond acceptors (Lipinski definition) is 3. The summed E-state index contributed by atoms with van der Waals surface area (Å²) in [7, 11) is -3.56. The van der Waals surface area contributed by atoms with Crippen molar-refractivity contribution in [1.82, 2.24) is 9.21 Å². The molecule has 0 aliphatic rings. The number of benzene rings is 1. The quantitative estimate of drug-likeness (QED) is 0.694. The average molecular weight is 340 g/mol. The van der Waals surface area contributed by atoms with Crippen molar-refractivity contribution in [2.45, 2.75) is 45.4 Å². The van der Waals surface area contributed by atoms with Crippen molar-refractivity contribution in [3.8, 4) is 0 Å². The number of carbonyl (C=O) groups is 1. The van der Waals surface area contributed by atoms with Gasteiger partial charge in [-0.05, 0) is 44.9 Å². The fraction of sp³-hybridized carbons (Fsp3) is 0.588. The van der Waals surface area contributed by atoms with Gasteiger partial charge < -0.3 is 4.90 Å². The lowest BCUT2D eigenvalue weighted by atomic mass is 10.2. The van der Waals surface area contributed by atoms with E-state index in [9.17, 15) is 13.2 Å². The van der Waals surface area contributed by atoms with E-state index in [0.29, 0.717) is 31.7 Å². The summed E-state index contributed by atoms with van der Waals surface area (Å²) in [6.45, 7) is 9.92. The third-order valence-electron chi connectivity index (χ3n) is 3.72. The molecule has 5 nitrogen and oxygen atoms in total. The Hall–Kier alpha value is -1.40. The zero-order valence-corrected chi connectivity index (χ0v) is 15.4. The first-order chi connectivity index (χ1) is 10.9. The summed E-state index contributed by atoms with van der Waals surface area (Å²) in [6, 6.07) is 6.37. The predicted molar refractivity (Wildman–Crippen MR) is 93.0 cm³/mol. The molecule has 0 radical (unpaired) electrons. The zero-order valence-electron chi connectivity index (χ0n) is 14.6. The zero-order chi connectivity index (χ0) is 17.5. The van der Waals surface area contributed by atoms with Gasteiger partial charge in [0.25, 0.3) is 5.91 Å². The molecule has 1 rings (SSSR count). The molecule has 0 spiro atoms. The van der Waals surface area contributed by atoms with E-state index in [2.05, 4.69) is 0 Å². The van der Waals surface area contributed by atoms with Gasteiger partial charge in [0.1, 0.15) is 0 Å². The molecule has 0 saturated heterocycles. The summed E-state index contributed by atoms with van der Waals surface area (Å²) in [5.41, 5.74) is 0.419. The Balaban J connectivity index is 3.18. The Morgan fingerprint density at radius 1 is 1.00 bits per heavy atom. The molecule has 0 aliphatic heterocycles. The highest BCUT2D eigenvalue weighted by atomic mass is 32.2.